The van der Waals surface area contributed by atoms with Crippen LogP contribution in [0.1, 0.15) is 15.9 Å². The van der Waals surface area contributed by atoms with Gasteiger partial charge in [0.2, 0.25) is 0 Å². The van der Waals surface area contributed by atoms with Gasteiger partial charge in [-0.2, -0.15) is 0 Å². The second-order valence-electron chi connectivity index (χ2n) is 4.33. The van der Waals surface area contributed by atoms with E-state index in [-0.39, 0.29) is 5.56 Å². The van der Waals surface area contributed by atoms with Crippen molar-refractivity contribution in [3.8, 4) is 5.75 Å². The molecule has 0 aliphatic carbocycles. The number of halogens is 2. The number of carbonyl (C=O) groups excluding carboxylic acids is 1. The molecule has 2 aromatic rings. The Balaban J connectivity index is 2.13. The van der Waals surface area contributed by atoms with Crippen LogP contribution in [-0.2, 0) is 11.3 Å². The summed E-state index contributed by atoms with van der Waals surface area (Å²) in [6.07, 6.45) is 0. The van der Waals surface area contributed by atoms with E-state index in [9.17, 15) is 9.18 Å². The van der Waals surface area contributed by atoms with E-state index in [1.54, 1.807) is 24.3 Å². The lowest BCUT2D eigenvalue weighted by atomic mass is 10.1. The molecule has 4 nitrogen and oxygen atoms in total. The zero-order valence-corrected chi connectivity index (χ0v) is 11.9. The van der Waals surface area contributed by atoms with Crippen LogP contribution >= 0.6 is 11.6 Å². The summed E-state index contributed by atoms with van der Waals surface area (Å²) in [5.74, 6) is -1.60. The van der Waals surface area contributed by atoms with Crippen molar-refractivity contribution in [2.75, 3.05) is 12.4 Å². The Hall–Kier alpha value is -2.27. The second kappa shape index (κ2) is 6.45. The first-order valence-electron chi connectivity index (χ1n) is 6.10. The number of carbonyl (C=O) groups is 1. The zero-order chi connectivity index (χ0) is 15.4. The standard InChI is InChI=1S/C15H13ClFNO3/c1-21-15(20)11-7-10(3-4-12(11)16)18-8-9-2-5-14(19)13(17)6-9/h2-7,18-19H,8H2,1H3. The first-order chi connectivity index (χ1) is 10.0. The highest BCUT2D eigenvalue weighted by Gasteiger charge is 2.11. The predicted molar refractivity (Wildman–Crippen MR) is 78.2 cm³/mol. The summed E-state index contributed by atoms with van der Waals surface area (Å²) in [4.78, 5) is 11.5. The number of phenols is 1. The molecule has 0 saturated heterocycles. The summed E-state index contributed by atoms with van der Waals surface area (Å²) < 4.78 is 17.9. The number of ether oxygens (including phenoxy) is 1. The Bertz CT molecular complexity index is 676. The van der Waals surface area contributed by atoms with Gasteiger partial charge in [-0.15, -0.1) is 0 Å². The number of hydrogen-bond donors (Lipinski definition) is 2. The van der Waals surface area contributed by atoms with E-state index in [4.69, 9.17) is 16.7 Å². The molecule has 6 heteroatoms. The molecule has 0 radical (unpaired) electrons. The number of nitrogens with one attached hydrogen (secondary N) is 1. The monoisotopic (exact) mass is 309 g/mol. The molecule has 0 fully saturated rings. The summed E-state index contributed by atoms with van der Waals surface area (Å²) in [6, 6.07) is 8.96. The first-order valence-corrected chi connectivity index (χ1v) is 6.48. The number of hydrogen-bond acceptors (Lipinski definition) is 4. The van der Waals surface area contributed by atoms with Gasteiger partial charge in [-0.1, -0.05) is 17.7 Å². The summed E-state index contributed by atoms with van der Waals surface area (Å²) >= 11 is 5.92. The van der Waals surface area contributed by atoms with Crippen molar-refractivity contribution in [1.82, 2.24) is 0 Å². The van der Waals surface area contributed by atoms with Crippen LogP contribution in [0.3, 0.4) is 0 Å². The number of esters is 1. The van der Waals surface area contributed by atoms with Gasteiger partial charge in [-0.05, 0) is 35.9 Å². The van der Waals surface area contributed by atoms with Gasteiger partial charge in [0.05, 0.1) is 17.7 Å². The predicted octanol–water partition coefficient (Wildman–Crippen LogP) is 3.58. The third-order valence-electron chi connectivity index (χ3n) is 2.88. The lowest BCUT2D eigenvalue weighted by molar-refractivity contribution is 0.0601. The van der Waals surface area contributed by atoms with Crippen LogP contribution in [0.2, 0.25) is 5.02 Å². The molecule has 2 aromatic carbocycles. The molecule has 0 bridgehead atoms. The minimum Gasteiger partial charge on any atom is -0.505 e. The summed E-state index contributed by atoms with van der Waals surface area (Å²) in [7, 11) is 1.28. The van der Waals surface area contributed by atoms with Gasteiger partial charge in [-0.3, -0.25) is 0 Å². The molecular formula is C15H13ClFNO3. The van der Waals surface area contributed by atoms with Crippen molar-refractivity contribution in [1.29, 1.82) is 0 Å². The summed E-state index contributed by atoms with van der Waals surface area (Å²) in [6.45, 7) is 0.333. The molecule has 0 saturated carbocycles. The third-order valence-corrected chi connectivity index (χ3v) is 3.21. The van der Waals surface area contributed by atoms with Crippen molar-refractivity contribution in [3.05, 3.63) is 58.4 Å². The molecule has 0 unspecified atom stereocenters. The quantitative estimate of drug-likeness (QED) is 0.848. The van der Waals surface area contributed by atoms with E-state index in [1.807, 2.05) is 0 Å². The fourth-order valence-corrected chi connectivity index (χ4v) is 1.96. The van der Waals surface area contributed by atoms with E-state index in [1.165, 1.54) is 19.2 Å². The van der Waals surface area contributed by atoms with E-state index < -0.39 is 17.5 Å². The molecule has 21 heavy (non-hydrogen) atoms. The maximum Gasteiger partial charge on any atom is 0.339 e. The number of anilines is 1. The van der Waals surface area contributed by atoms with Gasteiger partial charge >= 0.3 is 5.97 Å². The molecule has 0 atom stereocenters. The number of benzene rings is 2. The number of rotatable bonds is 4. The van der Waals surface area contributed by atoms with E-state index in [2.05, 4.69) is 10.1 Å². The van der Waals surface area contributed by atoms with E-state index in [0.717, 1.165) is 0 Å². The highest BCUT2D eigenvalue weighted by molar-refractivity contribution is 6.33. The Morgan fingerprint density at radius 3 is 2.76 bits per heavy atom. The van der Waals surface area contributed by atoms with Crippen molar-refractivity contribution in [2.45, 2.75) is 6.54 Å². The second-order valence-corrected chi connectivity index (χ2v) is 4.73. The van der Waals surface area contributed by atoms with Gasteiger partial charge < -0.3 is 15.2 Å². The highest BCUT2D eigenvalue weighted by atomic mass is 35.5. The van der Waals surface area contributed by atoms with Gasteiger partial charge in [-0.25, -0.2) is 9.18 Å². The minimum absolute atomic E-state index is 0.251. The van der Waals surface area contributed by atoms with Crippen LogP contribution in [-0.4, -0.2) is 18.2 Å². The molecular weight excluding hydrogens is 297 g/mol. The Morgan fingerprint density at radius 2 is 2.10 bits per heavy atom. The fraction of sp³-hybridized carbons (Fsp3) is 0.133. The Morgan fingerprint density at radius 1 is 1.33 bits per heavy atom. The third kappa shape index (κ3) is 3.64. The van der Waals surface area contributed by atoms with Gasteiger partial charge in [0.15, 0.2) is 11.6 Å². The van der Waals surface area contributed by atoms with Crippen LogP contribution in [0.5, 0.6) is 5.75 Å². The van der Waals surface area contributed by atoms with Crippen molar-refractivity contribution >= 4 is 23.3 Å². The molecule has 0 aliphatic rings. The number of aromatic hydroxyl groups is 1. The highest BCUT2D eigenvalue weighted by Crippen LogP contribution is 2.22. The van der Waals surface area contributed by atoms with Crippen molar-refractivity contribution in [3.63, 3.8) is 0 Å². The smallest absolute Gasteiger partial charge is 0.339 e. The molecule has 2 N–H and O–H groups in total. The first kappa shape index (κ1) is 15.1. The largest absolute Gasteiger partial charge is 0.505 e. The molecule has 0 aromatic heterocycles. The van der Waals surface area contributed by atoms with Crippen LogP contribution in [0.25, 0.3) is 0 Å². The van der Waals surface area contributed by atoms with Crippen LogP contribution in [0.15, 0.2) is 36.4 Å². The molecule has 2 rings (SSSR count). The van der Waals surface area contributed by atoms with Crippen molar-refractivity contribution in [2.24, 2.45) is 0 Å². The van der Waals surface area contributed by atoms with Gasteiger partial charge in [0.1, 0.15) is 0 Å². The Labute approximate surface area is 126 Å². The lowest BCUT2D eigenvalue weighted by Gasteiger charge is -2.09. The van der Waals surface area contributed by atoms with Gasteiger partial charge in [0, 0.05) is 12.2 Å². The molecule has 110 valence electrons. The molecule has 0 heterocycles. The van der Waals surface area contributed by atoms with Crippen LogP contribution in [0, 0.1) is 5.82 Å². The summed E-state index contributed by atoms with van der Waals surface area (Å²) in [5.41, 5.74) is 1.55. The molecule has 0 spiro atoms. The lowest BCUT2D eigenvalue weighted by Crippen LogP contribution is -2.05. The van der Waals surface area contributed by atoms with Crippen LogP contribution in [0.4, 0.5) is 10.1 Å². The topological polar surface area (TPSA) is 58.6 Å². The van der Waals surface area contributed by atoms with E-state index in [0.29, 0.717) is 22.8 Å². The number of phenolic OH excluding ortho intramolecular Hbond substituents is 1. The average Bonchev–Trinajstić information content (AvgIpc) is 2.49. The summed E-state index contributed by atoms with van der Waals surface area (Å²) in [5, 5.41) is 12.5. The minimum atomic E-state index is -0.680. The molecule has 0 amide bonds. The molecule has 0 aliphatic heterocycles. The van der Waals surface area contributed by atoms with Gasteiger partial charge in [0.25, 0.3) is 0 Å². The maximum absolute atomic E-state index is 13.2. The van der Waals surface area contributed by atoms with E-state index >= 15 is 0 Å². The average molecular weight is 310 g/mol. The SMILES string of the molecule is COC(=O)c1cc(NCc2ccc(O)c(F)c2)ccc1Cl. The number of methoxy groups -OCH3 is 1. The fourth-order valence-electron chi connectivity index (χ4n) is 1.77. The Kier molecular flexibility index (Phi) is 4.65. The van der Waals surface area contributed by atoms with Crippen LogP contribution < -0.4 is 5.32 Å². The zero-order valence-electron chi connectivity index (χ0n) is 11.2. The maximum atomic E-state index is 13.2. The normalized spacial score (nSPS) is 10.2. The van der Waals surface area contributed by atoms with Crippen molar-refractivity contribution < 1.29 is 19.0 Å².